The quantitative estimate of drug-likeness (QED) is 0.286. The van der Waals surface area contributed by atoms with Gasteiger partial charge in [0.2, 0.25) is 5.91 Å². The molecule has 1 unspecified atom stereocenters. The first-order chi connectivity index (χ1) is 16.0. The molecule has 0 radical (unpaired) electrons. The van der Waals surface area contributed by atoms with E-state index < -0.39 is 35.4 Å². The van der Waals surface area contributed by atoms with Gasteiger partial charge in [0.15, 0.2) is 28.7 Å². The molecule has 3 aromatic rings. The van der Waals surface area contributed by atoms with E-state index in [9.17, 15) is 26.7 Å². The number of carbonyl (C=O) groups is 1. The third-order valence-electron chi connectivity index (χ3n) is 4.52. The van der Waals surface area contributed by atoms with Crippen LogP contribution in [-0.4, -0.2) is 26.4 Å². The number of halogens is 6. The molecule has 0 bridgehead atoms. The van der Waals surface area contributed by atoms with Crippen LogP contribution in [0.2, 0.25) is 5.02 Å². The SMILES string of the molecule is CCn1c(SCC(=O)Nc2cc(C(F)(F)F)ccc2Cl)nnc1C(C)Oc1ccc(F)cc1F. The lowest BCUT2D eigenvalue weighted by Gasteiger charge is -2.16. The minimum Gasteiger partial charge on any atom is -0.480 e. The van der Waals surface area contributed by atoms with Crippen LogP contribution in [0.3, 0.4) is 0 Å². The third kappa shape index (κ3) is 6.17. The van der Waals surface area contributed by atoms with E-state index in [-0.39, 0.29) is 22.2 Å². The zero-order valence-electron chi connectivity index (χ0n) is 17.8. The summed E-state index contributed by atoms with van der Waals surface area (Å²) < 4.78 is 72.9. The van der Waals surface area contributed by atoms with Gasteiger partial charge in [-0.1, -0.05) is 23.4 Å². The number of aromatic nitrogens is 3. The highest BCUT2D eigenvalue weighted by Gasteiger charge is 2.31. The van der Waals surface area contributed by atoms with Crippen molar-refractivity contribution in [2.45, 2.75) is 37.8 Å². The lowest BCUT2D eigenvalue weighted by Crippen LogP contribution is -2.16. The number of nitrogens with zero attached hydrogens (tertiary/aromatic N) is 3. The summed E-state index contributed by atoms with van der Waals surface area (Å²) in [6, 6.07) is 5.55. The number of alkyl halides is 3. The van der Waals surface area contributed by atoms with Crippen LogP contribution in [-0.2, 0) is 17.5 Å². The molecule has 0 aliphatic carbocycles. The molecule has 182 valence electrons. The first kappa shape index (κ1) is 25.8. The van der Waals surface area contributed by atoms with Gasteiger partial charge in [0.25, 0.3) is 0 Å². The van der Waals surface area contributed by atoms with Crippen LogP contribution >= 0.6 is 23.4 Å². The fourth-order valence-corrected chi connectivity index (χ4v) is 3.91. The Morgan fingerprint density at radius 1 is 1.21 bits per heavy atom. The van der Waals surface area contributed by atoms with Gasteiger partial charge < -0.3 is 14.6 Å². The number of carbonyl (C=O) groups excluding carboxylic acids is 1. The van der Waals surface area contributed by atoms with Gasteiger partial charge in [0.1, 0.15) is 5.82 Å². The van der Waals surface area contributed by atoms with Crippen molar-refractivity contribution in [3.05, 3.63) is 64.4 Å². The maximum absolute atomic E-state index is 13.9. The molecule has 1 N–H and O–H groups in total. The van der Waals surface area contributed by atoms with Crippen molar-refractivity contribution in [2.75, 3.05) is 11.1 Å². The fourth-order valence-electron chi connectivity index (χ4n) is 2.93. The molecular weight excluding hydrogens is 503 g/mol. The number of hydrogen-bond donors (Lipinski definition) is 1. The number of thioether (sulfide) groups is 1. The van der Waals surface area contributed by atoms with E-state index in [1.807, 2.05) is 0 Å². The minimum atomic E-state index is -4.58. The van der Waals surface area contributed by atoms with Crippen LogP contribution in [0.25, 0.3) is 0 Å². The van der Waals surface area contributed by atoms with Crippen molar-refractivity contribution >= 4 is 35.0 Å². The van der Waals surface area contributed by atoms with Crippen molar-refractivity contribution in [1.29, 1.82) is 0 Å². The Bertz CT molecular complexity index is 1190. The molecule has 6 nitrogen and oxygen atoms in total. The molecular formula is C21H18ClF5N4O2S. The number of nitrogens with one attached hydrogen (secondary N) is 1. The summed E-state index contributed by atoms with van der Waals surface area (Å²) in [5.41, 5.74) is -1.11. The van der Waals surface area contributed by atoms with Gasteiger partial charge in [0.05, 0.1) is 22.0 Å². The normalized spacial score (nSPS) is 12.5. The van der Waals surface area contributed by atoms with Crippen LogP contribution in [0.15, 0.2) is 41.6 Å². The van der Waals surface area contributed by atoms with Gasteiger partial charge >= 0.3 is 6.18 Å². The molecule has 0 aliphatic heterocycles. The Hall–Kier alpha value is -2.86. The van der Waals surface area contributed by atoms with E-state index in [1.165, 1.54) is 0 Å². The van der Waals surface area contributed by atoms with Crippen LogP contribution in [0, 0.1) is 11.6 Å². The van der Waals surface area contributed by atoms with E-state index in [4.69, 9.17) is 16.3 Å². The molecule has 0 saturated heterocycles. The van der Waals surface area contributed by atoms with Crippen molar-refractivity contribution in [1.82, 2.24) is 14.8 Å². The number of amides is 1. The second kappa shape index (κ2) is 10.6. The van der Waals surface area contributed by atoms with Gasteiger partial charge in [-0.15, -0.1) is 10.2 Å². The van der Waals surface area contributed by atoms with Crippen molar-refractivity contribution < 1.29 is 31.5 Å². The van der Waals surface area contributed by atoms with E-state index in [1.54, 1.807) is 18.4 Å². The first-order valence-electron chi connectivity index (χ1n) is 9.83. The van der Waals surface area contributed by atoms with Crippen LogP contribution in [0.5, 0.6) is 5.75 Å². The van der Waals surface area contributed by atoms with Crippen molar-refractivity contribution in [2.24, 2.45) is 0 Å². The highest BCUT2D eigenvalue weighted by molar-refractivity contribution is 7.99. The van der Waals surface area contributed by atoms with Gasteiger partial charge in [-0.05, 0) is 44.2 Å². The monoisotopic (exact) mass is 520 g/mol. The summed E-state index contributed by atoms with van der Waals surface area (Å²) in [5, 5.41) is 10.7. The predicted molar refractivity (Wildman–Crippen MR) is 117 cm³/mol. The molecule has 3 rings (SSSR count). The average Bonchev–Trinajstić information content (AvgIpc) is 3.18. The smallest absolute Gasteiger partial charge is 0.416 e. The Morgan fingerprint density at radius 2 is 1.94 bits per heavy atom. The second-order valence-corrected chi connectivity index (χ2v) is 8.30. The number of benzene rings is 2. The zero-order valence-corrected chi connectivity index (χ0v) is 19.4. The van der Waals surface area contributed by atoms with Crippen LogP contribution in [0.1, 0.15) is 31.3 Å². The number of rotatable bonds is 8. The highest BCUT2D eigenvalue weighted by atomic mass is 35.5. The average molecular weight is 521 g/mol. The minimum absolute atomic E-state index is 0.0376. The molecule has 2 aromatic carbocycles. The number of ether oxygens (including phenoxy) is 1. The molecule has 13 heteroatoms. The summed E-state index contributed by atoms with van der Waals surface area (Å²) >= 11 is 6.90. The summed E-state index contributed by atoms with van der Waals surface area (Å²) in [4.78, 5) is 12.3. The van der Waals surface area contributed by atoms with Crippen molar-refractivity contribution in [3.8, 4) is 5.75 Å². The molecule has 0 saturated carbocycles. The first-order valence-corrected chi connectivity index (χ1v) is 11.2. The van der Waals surface area contributed by atoms with E-state index >= 15 is 0 Å². The number of hydrogen-bond acceptors (Lipinski definition) is 5. The lowest BCUT2D eigenvalue weighted by atomic mass is 10.2. The summed E-state index contributed by atoms with van der Waals surface area (Å²) in [5.74, 6) is -2.21. The summed E-state index contributed by atoms with van der Waals surface area (Å²) in [6.45, 7) is 3.80. The van der Waals surface area contributed by atoms with Gasteiger partial charge in [-0.25, -0.2) is 8.78 Å². The lowest BCUT2D eigenvalue weighted by molar-refractivity contribution is -0.137. The zero-order chi connectivity index (χ0) is 25.0. The van der Waals surface area contributed by atoms with E-state index in [0.29, 0.717) is 23.6 Å². The molecule has 34 heavy (non-hydrogen) atoms. The van der Waals surface area contributed by atoms with Crippen LogP contribution < -0.4 is 10.1 Å². The molecule has 1 atom stereocenters. The van der Waals surface area contributed by atoms with Crippen molar-refractivity contribution in [3.63, 3.8) is 0 Å². The predicted octanol–water partition coefficient (Wildman–Crippen LogP) is 6.12. The molecule has 0 aliphatic rings. The maximum Gasteiger partial charge on any atom is 0.416 e. The second-order valence-electron chi connectivity index (χ2n) is 6.95. The Morgan fingerprint density at radius 3 is 2.59 bits per heavy atom. The molecule has 1 aromatic heterocycles. The Labute approximate surface area is 200 Å². The molecule has 1 amide bonds. The fraction of sp³-hybridized carbons (Fsp3) is 0.286. The molecule has 1 heterocycles. The maximum atomic E-state index is 13.9. The molecule has 0 fully saturated rings. The van der Waals surface area contributed by atoms with Gasteiger partial charge in [-0.3, -0.25) is 4.79 Å². The Kier molecular flexibility index (Phi) is 8.03. The van der Waals surface area contributed by atoms with E-state index in [0.717, 1.165) is 42.1 Å². The topological polar surface area (TPSA) is 69.0 Å². The number of anilines is 1. The van der Waals surface area contributed by atoms with Gasteiger partial charge in [-0.2, -0.15) is 13.2 Å². The summed E-state index contributed by atoms with van der Waals surface area (Å²) in [7, 11) is 0. The standard InChI is InChI=1S/C21H18ClF5N4O2S/c1-3-31-19(11(2)33-17-7-5-13(23)9-15(17)24)29-30-20(31)34-10-18(32)28-16-8-12(21(25,26)27)4-6-14(16)22/h4-9,11H,3,10H2,1-2H3,(H,28,32). The highest BCUT2D eigenvalue weighted by Crippen LogP contribution is 2.34. The molecule has 0 spiro atoms. The van der Waals surface area contributed by atoms with Crippen LogP contribution in [0.4, 0.5) is 27.6 Å². The third-order valence-corrected chi connectivity index (χ3v) is 5.82. The van der Waals surface area contributed by atoms with Gasteiger partial charge in [0, 0.05) is 12.6 Å². The van der Waals surface area contributed by atoms with E-state index in [2.05, 4.69) is 15.5 Å². The largest absolute Gasteiger partial charge is 0.480 e. The Balaban J connectivity index is 1.67. The summed E-state index contributed by atoms with van der Waals surface area (Å²) in [6.07, 6.45) is -5.33.